The quantitative estimate of drug-likeness (QED) is 0.817. The van der Waals surface area contributed by atoms with Gasteiger partial charge in [0.25, 0.3) is 5.91 Å². The summed E-state index contributed by atoms with van der Waals surface area (Å²) in [4.78, 5) is 13.7. The molecular formula is C14H22N4O2. The largest absolute Gasteiger partial charge is 0.393 e. The van der Waals surface area contributed by atoms with Crippen LogP contribution in [0.4, 0.5) is 0 Å². The van der Waals surface area contributed by atoms with Crippen molar-refractivity contribution in [2.45, 2.75) is 51.9 Å². The fraction of sp³-hybridized carbons (Fsp3) is 0.714. The van der Waals surface area contributed by atoms with Crippen molar-refractivity contribution >= 4 is 5.91 Å². The fourth-order valence-corrected chi connectivity index (χ4v) is 3.47. The molecular weight excluding hydrogens is 256 g/mol. The number of primary amides is 1. The van der Waals surface area contributed by atoms with E-state index >= 15 is 0 Å². The molecule has 0 unspecified atom stereocenters. The number of aromatic nitrogens is 2. The van der Waals surface area contributed by atoms with Crippen LogP contribution in [0.5, 0.6) is 0 Å². The minimum Gasteiger partial charge on any atom is -0.393 e. The maximum absolute atomic E-state index is 11.3. The molecule has 1 saturated carbocycles. The summed E-state index contributed by atoms with van der Waals surface area (Å²) in [6.07, 6.45) is 1.42. The van der Waals surface area contributed by atoms with Gasteiger partial charge in [-0.1, -0.05) is 0 Å². The second kappa shape index (κ2) is 4.56. The third-order valence-corrected chi connectivity index (χ3v) is 4.57. The highest BCUT2D eigenvalue weighted by atomic mass is 16.3. The highest BCUT2D eigenvalue weighted by Crippen LogP contribution is 2.45. The summed E-state index contributed by atoms with van der Waals surface area (Å²) in [6.45, 7) is 6.84. The zero-order valence-electron chi connectivity index (χ0n) is 12.0. The Morgan fingerprint density at radius 2 is 2.20 bits per heavy atom. The number of aliphatic hydroxyl groups excluding tert-OH is 1. The predicted octanol–water partition coefficient (Wildman–Crippen LogP) is 0.347. The number of carbonyl (C=O) groups is 1. The Morgan fingerprint density at radius 1 is 1.50 bits per heavy atom. The maximum atomic E-state index is 11.3. The number of aliphatic hydroxyl groups is 1. The van der Waals surface area contributed by atoms with Gasteiger partial charge >= 0.3 is 0 Å². The summed E-state index contributed by atoms with van der Waals surface area (Å²) in [5.74, 6) is -0.482. The number of hydrogen-bond acceptors (Lipinski definition) is 4. The third kappa shape index (κ3) is 2.23. The molecule has 1 aliphatic heterocycles. The van der Waals surface area contributed by atoms with Gasteiger partial charge in [0.1, 0.15) is 5.69 Å². The summed E-state index contributed by atoms with van der Waals surface area (Å²) in [5.41, 5.74) is 6.77. The predicted molar refractivity (Wildman–Crippen MR) is 74.0 cm³/mol. The van der Waals surface area contributed by atoms with E-state index in [0.717, 1.165) is 38.2 Å². The summed E-state index contributed by atoms with van der Waals surface area (Å²) >= 11 is 0. The van der Waals surface area contributed by atoms with E-state index < -0.39 is 5.91 Å². The molecule has 6 nitrogen and oxygen atoms in total. The van der Waals surface area contributed by atoms with Gasteiger partial charge in [0.05, 0.1) is 11.8 Å². The first-order valence-electron chi connectivity index (χ1n) is 7.17. The average molecular weight is 278 g/mol. The van der Waals surface area contributed by atoms with Gasteiger partial charge in [0.15, 0.2) is 0 Å². The molecule has 2 aliphatic rings. The smallest absolute Gasteiger partial charge is 0.269 e. The van der Waals surface area contributed by atoms with Gasteiger partial charge in [-0.05, 0) is 32.8 Å². The Bertz CT molecular complexity index is 531. The second-order valence-corrected chi connectivity index (χ2v) is 6.60. The van der Waals surface area contributed by atoms with Crippen LogP contribution in [-0.2, 0) is 13.1 Å². The summed E-state index contributed by atoms with van der Waals surface area (Å²) in [6, 6.07) is 2.22. The van der Waals surface area contributed by atoms with Crippen molar-refractivity contribution in [3.05, 3.63) is 17.5 Å². The van der Waals surface area contributed by atoms with Crippen LogP contribution in [-0.4, -0.2) is 44.4 Å². The molecule has 0 saturated heterocycles. The topological polar surface area (TPSA) is 84.4 Å². The highest BCUT2D eigenvalue weighted by Gasteiger charge is 2.47. The standard InChI is InChI=1S/C14H22N4O2/c1-9(2)17-6-10-3-12(13(15)20)16-18(10)8-14(7-17)4-11(19)5-14/h3,9,11,19H,4-8H2,1-2H3,(H2,15,20). The maximum Gasteiger partial charge on any atom is 0.269 e. The van der Waals surface area contributed by atoms with Crippen molar-refractivity contribution in [1.82, 2.24) is 14.7 Å². The Kier molecular flexibility index (Phi) is 3.10. The van der Waals surface area contributed by atoms with E-state index in [-0.39, 0.29) is 11.5 Å². The van der Waals surface area contributed by atoms with Crippen molar-refractivity contribution in [2.24, 2.45) is 11.1 Å². The number of amides is 1. The Hall–Kier alpha value is -1.40. The zero-order chi connectivity index (χ0) is 14.5. The molecule has 1 fully saturated rings. The van der Waals surface area contributed by atoms with Gasteiger partial charge in [0, 0.05) is 31.1 Å². The molecule has 3 rings (SSSR count). The molecule has 110 valence electrons. The molecule has 1 amide bonds. The molecule has 0 atom stereocenters. The molecule has 0 radical (unpaired) electrons. The average Bonchev–Trinajstić information content (AvgIpc) is 2.62. The number of hydrogen-bond donors (Lipinski definition) is 2. The molecule has 1 aromatic heterocycles. The van der Waals surface area contributed by atoms with E-state index in [1.54, 1.807) is 6.07 Å². The van der Waals surface area contributed by atoms with Crippen molar-refractivity contribution in [1.29, 1.82) is 0 Å². The lowest BCUT2D eigenvalue weighted by Crippen LogP contribution is -2.50. The van der Waals surface area contributed by atoms with E-state index in [0.29, 0.717) is 11.7 Å². The molecule has 3 N–H and O–H groups in total. The molecule has 0 bridgehead atoms. The summed E-state index contributed by atoms with van der Waals surface area (Å²) < 4.78 is 1.91. The van der Waals surface area contributed by atoms with E-state index in [9.17, 15) is 9.90 Å². The van der Waals surface area contributed by atoms with Crippen LogP contribution in [0.15, 0.2) is 6.07 Å². The van der Waals surface area contributed by atoms with Crippen LogP contribution in [0.3, 0.4) is 0 Å². The first kappa shape index (κ1) is 13.6. The number of nitrogens with zero attached hydrogens (tertiary/aromatic N) is 3. The molecule has 0 aromatic carbocycles. The minimum absolute atomic E-state index is 0.0792. The fourth-order valence-electron chi connectivity index (χ4n) is 3.47. The number of nitrogens with two attached hydrogens (primary N) is 1. The monoisotopic (exact) mass is 278 g/mol. The highest BCUT2D eigenvalue weighted by molar-refractivity contribution is 5.90. The first-order valence-corrected chi connectivity index (χ1v) is 7.17. The summed E-state index contributed by atoms with van der Waals surface area (Å²) in [7, 11) is 0. The third-order valence-electron chi connectivity index (χ3n) is 4.57. The Balaban J connectivity index is 1.94. The van der Waals surface area contributed by atoms with Crippen molar-refractivity contribution in [3.8, 4) is 0 Å². The van der Waals surface area contributed by atoms with Crippen LogP contribution in [0.1, 0.15) is 42.9 Å². The van der Waals surface area contributed by atoms with Crippen LogP contribution < -0.4 is 5.73 Å². The lowest BCUT2D eigenvalue weighted by Gasteiger charge is -2.47. The molecule has 20 heavy (non-hydrogen) atoms. The Labute approximate surface area is 118 Å². The van der Waals surface area contributed by atoms with E-state index in [2.05, 4.69) is 23.8 Å². The molecule has 1 aliphatic carbocycles. The Morgan fingerprint density at radius 3 is 2.75 bits per heavy atom. The first-order chi connectivity index (χ1) is 9.38. The van der Waals surface area contributed by atoms with E-state index in [1.807, 2.05) is 4.68 Å². The second-order valence-electron chi connectivity index (χ2n) is 6.60. The van der Waals surface area contributed by atoms with Gasteiger partial charge in [-0.15, -0.1) is 0 Å². The van der Waals surface area contributed by atoms with Gasteiger partial charge in [0.2, 0.25) is 0 Å². The van der Waals surface area contributed by atoms with E-state index in [1.165, 1.54) is 0 Å². The molecule has 2 heterocycles. The molecule has 6 heteroatoms. The van der Waals surface area contributed by atoms with Crippen molar-refractivity contribution in [2.75, 3.05) is 6.54 Å². The number of rotatable bonds is 2. The van der Waals surface area contributed by atoms with Crippen LogP contribution in [0.25, 0.3) is 0 Å². The minimum atomic E-state index is -0.482. The van der Waals surface area contributed by atoms with Gasteiger partial charge in [-0.2, -0.15) is 5.10 Å². The van der Waals surface area contributed by atoms with Crippen LogP contribution in [0.2, 0.25) is 0 Å². The lowest BCUT2D eigenvalue weighted by molar-refractivity contribution is -0.0628. The normalized spacial score (nSPS) is 30.1. The SMILES string of the molecule is CC(C)N1Cc2cc(C(N)=O)nn2CC2(CC(O)C2)C1. The summed E-state index contributed by atoms with van der Waals surface area (Å²) in [5, 5.41) is 14.0. The van der Waals surface area contributed by atoms with Crippen molar-refractivity contribution in [3.63, 3.8) is 0 Å². The molecule has 1 aromatic rings. The van der Waals surface area contributed by atoms with E-state index in [4.69, 9.17) is 5.73 Å². The zero-order valence-corrected chi connectivity index (χ0v) is 12.0. The van der Waals surface area contributed by atoms with Gasteiger partial charge in [-0.25, -0.2) is 0 Å². The van der Waals surface area contributed by atoms with Crippen LogP contribution >= 0.6 is 0 Å². The van der Waals surface area contributed by atoms with Crippen molar-refractivity contribution < 1.29 is 9.90 Å². The van der Waals surface area contributed by atoms with Gasteiger partial charge < -0.3 is 10.8 Å². The van der Waals surface area contributed by atoms with Gasteiger partial charge in [-0.3, -0.25) is 14.4 Å². The lowest BCUT2D eigenvalue weighted by atomic mass is 9.66. The number of carbonyl (C=O) groups excluding carboxylic acids is 1. The molecule has 1 spiro atoms. The number of fused-ring (bicyclic) bond motifs is 1. The van der Waals surface area contributed by atoms with Crippen LogP contribution in [0, 0.1) is 5.41 Å².